The van der Waals surface area contributed by atoms with Crippen LogP contribution in [0, 0.1) is 12.9 Å². The van der Waals surface area contributed by atoms with Crippen LogP contribution in [0.25, 0.3) is 11.1 Å². The minimum absolute atomic E-state index is 0.00615. The van der Waals surface area contributed by atoms with Crippen LogP contribution in [0.3, 0.4) is 0 Å². The van der Waals surface area contributed by atoms with Crippen LogP contribution >= 0.6 is 0 Å². The van der Waals surface area contributed by atoms with E-state index in [0.29, 0.717) is 28.1 Å². The summed E-state index contributed by atoms with van der Waals surface area (Å²) in [6, 6.07) is 1.71. The van der Waals surface area contributed by atoms with Crippen LogP contribution in [0.4, 0.5) is 4.39 Å². The number of aryl methyl sites for hydroxylation is 1. The molecule has 0 amide bonds. The highest BCUT2D eigenvalue weighted by Gasteiger charge is 2.37. The molecule has 0 aromatic carbocycles. The largest absolute Gasteiger partial charge is 0.591 e. The number of rotatable bonds is 6. The zero-order valence-electron chi connectivity index (χ0n) is 19.3. The van der Waals surface area contributed by atoms with Crippen LogP contribution in [0.2, 0.25) is 18.1 Å². The van der Waals surface area contributed by atoms with E-state index in [0.717, 1.165) is 0 Å². The lowest BCUT2D eigenvalue weighted by Crippen LogP contribution is -2.40. The van der Waals surface area contributed by atoms with Gasteiger partial charge in [-0.05, 0) is 57.5 Å². The summed E-state index contributed by atoms with van der Waals surface area (Å²) >= 11 is -1.45. The van der Waals surface area contributed by atoms with E-state index >= 15 is 0 Å². The molecule has 0 radical (unpaired) electrons. The van der Waals surface area contributed by atoms with Gasteiger partial charge in [-0.1, -0.05) is 30.3 Å². The van der Waals surface area contributed by atoms with Crippen LogP contribution in [0.15, 0.2) is 21.2 Å². The monoisotopic (exact) mass is 453 g/mol. The van der Waals surface area contributed by atoms with Gasteiger partial charge in [0, 0.05) is 11.8 Å². The first-order valence-corrected chi connectivity index (χ1v) is 13.9. The number of nitrogens with zero attached hydrogens (tertiary/aromatic N) is 3. The quantitative estimate of drug-likeness (QED) is 0.246. The molecule has 0 aliphatic rings. The van der Waals surface area contributed by atoms with E-state index in [9.17, 15) is 8.94 Å². The van der Waals surface area contributed by atoms with Gasteiger partial charge in [0.2, 0.25) is 5.95 Å². The molecule has 30 heavy (non-hydrogen) atoms. The van der Waals surface area contributed by atoms with E-state index in [-0.39, 0.29) is 11.6 Å². The van der Waals surface area contributed by atoms with Gasteiger partial charge < -0.3 is 13.5 Å². The molecule has 0 saturated heterocycles. The zero-order chi connectivity index (χ0) is 22.9. The summed E-state index contributed by atoms with van der Waals surface area (Å²) in [5.41, 5.74) is 2.11. The van der Waals surface area contributed by atoms with E-state index in [1.165, 1.54) is 12.4 Å². The molecule has 0 unspecified atom stereocenters. The second kappa shape index (κ2) is 8.90. The molecule has 0 saturated carbocycles. The van der Waals surface area contributed by atoms with Crippen molar-refractivity contribution >= 4 is 25.9 Å². The first-order chi connectivity index (χ1) is 13.6. The molecule has 2 aromatic heterocycles. The molecule has 9 heteroatoms. The molecule has 2 aromatic rings. The van der Waals surface area contributed by atoms with Crippen molar-refractivity contribution < 1.29 is 17.9 Å². The molecule has 0 bridgehead atoms. The van der Waals surface area contributed by atoms with Gasteiger partial charge in [-0.2, -0.15) is 4.39 Å². The van der Waals surface area contributed by atoms with Crippen LogP contribution in [0.5, 0.6) is 0 Å². The maximum absolute atomic E-state index is 14.7. The van der Waals surface area contributed by atoms with Crippen molar-refractivity contribution in [2.24, 2.45) is 4.40 Å². The Morgan fingerprint density at radius 3 is 2.47 bits per heavy atom. The molecular formula is C21H32FN3O3SSi. The summed E-state index contributed by atoms with van der Waals surface area (Å²) in [5, 5.41) is 4.01. The van der Waals surface area contributed by atoms with Gasteiger partial charge in [-0.3, -0.25) is 0 Å². The highest BCUT2D eigenvalue weighted by Crippen LogP contribution is 2.38. The van der Waals surface area contributed by atoms with Gasteiger partial charge in [-0.25, -0.2) is 4.98 Å². The molecule has 0 aliphatic heterocycles. The van der Waals surface area contributed by atoms with Crippen molar-refractivity contribution in [2.75, 3.05) is 0 Å². The molecule has 6 nitrogen and oxygen atoms in total. The molecular weight excluding hydrogens is 421 g/mol. The third kappa shape index (κ3) is 5.57. The molecule has 0 fully saturated rings. The van der Waals surface area contributed by atoms with Crippen molar-refractivity contribution in [2.45, 2.75) is 78.0 Å². The Labute approximate surface area is 182 Å². The lowest BCUT2D eigenvalue weighted by molar-refractivity contribution is 0.270. The summed E-state index contributed by atoms with van der Waals surface area (Å²) in [7, 11) is -2.10. The second-order valence-electron chi connectivity index (χ2n) is 9.78. The molecule has 0 spiro atoms. The molecule has 0 aliphatic carbocycles. The average molecular weight is 454 g/mol. The average Bonchev–Trinajstić information content (AvgIpc) is 2.97. The van der Waals surface area contributed by atoms with Gasteiger partial charge in [0.1, 0.15) is 22.3 Å². The fourth-order valence-corrected chi connectivity index (χ4v) is 3.81. The Hall–Kier alpha value is -1.55. The lowest BCUT2D eigenvalue weighted by Gasteiger charge is -2.36. The molecule has 2 rings (SSSR count). The standard InChI is InChI=1S/C21H32FN3O3SSi/c1-14-18(17(28-25-14)12-24-29(26)20(2,3)4)15-10-11-23-19(22)16(15)13-27-30(8,9)21(5,6)7/h10-12H,13H2,1-9H3/t29-/m0/s1. The summed E-state index contributed by atoms with van der Waals surface area (Å²) in [5.74, 6) is -0.266. The van der Waals surface area contributed by atoms with Crippen molar-refractivity contribution in [3.8, 4) is 11.1 Å². The number of hydrogen-bond donors (Lipinski definition) is 0. The molecule has 166 valence electrons. The topological polar surface area (TPSA) is 83.6 Å². The Balaban J connectivity index is 2.46. The van der Waals surface area contributed by atoms with E-state index < -0.39 is 30.4 Å². The fraction of sp³-hybridized carbons (Fsp3) is 0.571. The zero-order valence-corrected chi connectivity index (χ0v) is 21.1. The number of hydrogen-bond acceptors (Lipinski definition) is 6. The van der Waals surface area contributed by atoms with E-state index in [2.05, 4.69) is 48.4 Å². The highest BCUT2D eigenvalue weighted by molar-refractivity contribution is 7.91. The third-order valence-corrected chi connectivity index (χ3v) is 11.2. The summed E-state index contributed by atoms with van der Waals surface area (Å²) in [4.78, 5) is 3.81. The number of halogens is 1. The van der Waals surface area contributed by atoms with Gasteiger partial charge in [0.15, 0.2) is 14.1 Å². The van der Waals surface area contributed by atoms with Gasteiger partial charge >= 0.3 is 0 Å². The first-order valence-electron chi connectivity index (χ1n) is 9.85. The van der Waals surface area contributed by atoms with Crippen LogP contribution in [-0.2, 0) is 22.4 Å². The van der Waals surface area contributed by atoms with Crippen molar-refractivity contribution in [3.05, 3.63) is 35.2 Å². The molecule has 2 heterocycles. The fourth-order valence-electron chi connectivity index (χ4n) is 2.36. The normalized spacial score (nSPS) is 14.5. The minimum atomic E-state index is -2.10. The highest BCUT2D eigenvalue weighted by atomic mass is 32.2. The van der Waals surface area contributed by atoms with Crippen LogP contribution in [0.1, 0.15) is 58.6 Å². The predicted octanol–water partition coefficient (Wildman–Crippen LogP) is 5.59. The maximum atomic E-state index is 14.7. The van der Waals surface area contributed by atoms with E-state index in [1.807, 2.05) is 20.8 Å². The van der Waals surface area contributed by atoms with Crippen molar-refractivity contribution in [3.63, 3.8) is 0 Å². The van der Waals surface area contributed by atoms with Crippen molar-refractivity contribution in [1.29, 1.82) is 0 Å². The van der Waals surface area contributed by atoms with Gasteiger partial charge in [0.05, 0.1) is 17.9 Å². The Kier molecular flexibility index (Phi) is 7.33. The van der Waals surface area contributed by atoms with Crippen LogP contribution in [-0.4, -0.2) is 34.0 Å². The van der Waals surface area contributed by atoms with Gasteiger partial charge in [0.25, 0.3) is 0 Å². The van der Waals surface area contributed by atoms with Crippen LogP contribution < -0.4 is 0 Å². The number of aromatic nitrogens is 2. The summed E-state index contributed by atoms with van der Waals surface area (Å²) < 4.78 is 42.3. The smallest absolute Gasteiger partial charge is 0.218 e. The minimum Gasteiger partial charge on any atom is -0.591 e. The third-order valence-electron chi connectivity index (χ3n) is 5.33. The maximum Gasteiger partial charge on any atom is 0.218 e. The van der Waals surface area contributed by atoms with Gasteiger partial charge in [-0.15, -0.1) is 0 Å². The lowest BCUT2D eigenvalue weighted by atomic mass is 10.0. The summed E-state index contributed by atoms with van der Waals surface area (Å²) in [6.07, 6.45) is 2.80. The summed E-state index contributed by atoms with van der Waals surface area (Å²) in [6.45, 7) is 18.0. The number of pyridine rings is 1. The Morgan fingerprint density at radius 1 is 1.27 bits per heavy atom. The Morgan fingerprint density at radius 2 is 1.90 bits per heavy atom. The second-order valence-corrected chi connectivity index (χ2v) is 16.5. The molecule has 1 atom stereocenters. The molecule has 0 N–H and O–H groups in total. The Bertz CT molecular complexity index is 917. The van der Waals surface area contributed by atoms with E-state index in [4.69, 9.17) is 8.95 Å². The first kappa shape index (κ1) is 24.7. The SMILES string of the molecule is Cc1noc(C=N[S@@+]([O-])C(C)(C)C)c1-c1ccnc(F)c1CO[Si](C)(C)C(C)(C)C. The predicted molar refractivity (Wildman–Crippen MR) is 122 cm³/mol. The van der Waals surface area contributed by atoms with Crippen molar-refractivity contribution in [1.82, 2.24) is 10.1 Å². The van der Waals surface area contributed by atoms with E-state index in [1.54, 1.807) is 13.0 Å².